The van der Waals surface area contributed by atoms with Gasteiger partial charge < -0.3 is 20.3 Å². The molecule has 0 bridgehead atoms. The molecule has 1 fully saturated rings. The predicted octanol–water partition coefficient (Wildman–Crippen LogP) is -0.240. The molecular weight excluding hydrogens is 316 g/mol. The van der Waals surface area contributed by atoms with Crippen LogP contribution in [-0.4, -0.2) is 45.6 Å². The number of nitrogens with two attached hydrogens (primary N) is 1. The van der Waals surface area contributed by atoms with E-state index >= 15 is 0 Å². The third kappa shape index (κ3) is 3.48. The molecule has 1 aromatic heterocycles. The molecule has 2 rings (SSSR count). The van der Waals surface area contributed by atoms with E-state index in [9.17, 15) is 23.5 Å². The number of halogens is 2. The number of alkyl halides is 1. The minimum Gasteiger partial charge on any atom is -0.463 e. The lowest BCUT2D eigenvalue weighted by Gasteiger charge is -2.16. The Hall–Kier alpha value is -2.07. The SMILES string of the molecule is CC(C)C(=O)OC[C@H]1O[C@@H](n2cc(F)c(N)nc2=O)[C@@H](F)[C@@H]1O. The van der Waals surface area contributed by atoms with Crippen LogP contribution in [0.25, 0.3) is 0 Å². The summed E-state index contributed by atoms with van der Waals surface area (Å²) in [4.78, 5) is 26.3. The van der Waals surface area contributed by atoms with Gasteiger partial charge in [0.05, 0.1) is 12.1 Å². The fraction of sp³-hybridized carbons (Fsp3) is 0.615. The highest BCUT2D eigenvalue weighted by atomic mass is 19.1. The Morgan fingerprint density at radius 2 is 2.26 bits per heavy atom. The lowest BCUT2D eigenvalue weighted by atomic mass is 10.1. The molecule has 128 valence electrons. The molecule has 0 amide bonds. The summed E-state index contributed by atoms with van der Waals surface area (Å²) in [6.45, 7) is 2.82. The minimum absolute atomic E-state index is 0.394. The van der Waals surface area contributed by atoms with E-state index < -0.39 is 60.4 Å². The first kappa shape index (κ1) is 17.3. The zero-order valence-electron chi connectivity index (χ0n) is 12.5. The average Bonchev–Trinajstić information content (AvgIpc) is 2.76. The van der Waals surface area contributed by atoms with Crippen LogP contribution in [0.5, 0.6) is 0 Å². The van der Waals surface area contributed by atoms with Gasteiger partial charge in [0.25, 0.3) is 0 Å². The van der Waals surface area contributed by atoms with Crippen molar-refractivity contribution < 1.29 is 28.2 Å². The van der Waals surface area contributed by atoms with Gasteiger partial charge in [-0.1, -0.05) is 13.8 Å². The summed E-state index contributed by atoms with van der Waals surface area (Å²) in [7, 11) is 0. The molecule has 0 spiro atoms. The minimum atomic E-state index is -2.03. The normalized spacial score (nSPS) is 27.4. The first-order valence-corrected chi connectivity index (χ1v) is 6.90. The number of rotatable bonds is 4. The number of esters is 1. The van der Waals surface area contributed by atoms with Crippen LogP contribution in [0.4, 0.5) is 14.6 Å². The van der Waals surface area contributed by atoms with Gasteiger partial charge in [0.1, 0.15) is 18.8 Å². The summed E-state index contributed by atoms with van der Waals surface area (Å²) < 4.78 is 38.2. The van der Waals surface area contributed by atoms with E-state index in [-0.39, 0.29) is 0 Å². The Balaban J connectivity index is 2.15. The number of hydrogen-bond acceptors (Lipinski definition) is 7. The van der Waals surface area contributed by atoms with Crippen LogP contribution in [0.3, 0.4) is 0 Å². The zero-order chi connectivity index (χ0) is 17.3. The van der Waals surface area contributed by atoms with Crippen LogP contribution in [0.2, 0.25) is 0 Å². The molecule has 0 aliphatic carbocycles. The van der Waals surface area contributed by atoms with E-state index in [1.54, 1.807) is 13.8 Å². The van der Waals surface area contributed by atoms with Gasteiger partial charge in [-0.05, 0) is 0 Å². The number of ether oxygens (including phenoxy) is 2. The van der Waals surface area contributed by atoms with E-state index in [0.717, 1.165) is 0 Å². The van der Waals surface area contributed by atoms with Crippen molar-refractivity contribution in [2.45, 2.75) is 38.5 Å². The summed E-state index contributed by atoms with van der Waals surface area (Å²) in [6.07, 6.45) is -5.81. The summed E-state index contributed by atoms with van der Waals surface area (Å²) in [5, 5.41) is 9.81. The Morgan fingerprint density at radius 3 is 2.87 bits per heavy atom. The van der Waals surface area contributed by atoms with Crippen LogP contribution in [-0.2, 0) is 14.3 Å². The van der Waals surface area contributed by atoms with Crippen LogP contribution < -0.4 is 11.4 Å². The fourth-order valence-electron chi connectivity index (χ4n) is 2.04. The second-order valence-corrected chi connectivity index (χ2v) is 5.45. The molecule has 1 aliphatic heterocycles. The monoisotopic (exact) mass is 333 g/mol. The van der Waals surface area contributed by atoms with Crippen molar-refractivity contribution in [1.29, 1.82) is 0 Å². The van der Waals surface area contributed by atoms with Crippen molar-refractivity contribution in [3.8, 4) is 0 Å². The van der Waals surface area contributed by atoms with Gasteiger partial charge in [-0.3, -0.25) is 9.36 Å². The van der Waals surface area contributed by atoms with Crippen LogP contribution in [0.1, 0.15) is 20.1 Å². The highest BCUT2D eigenvalue weighted by Crippen LogP contribution is 2.31. The van der Waals surface area contributed by atoms with E-state index in [1.165, 1.54) is 0 Å². The number of hydrogen-bond donors (Lipinski definition) is 2. The molecule has 1 aromatic rings. The Bertz CT molecular complexity index is 651. The summed E-state index contributed by atoms with van der Waals surface area (Å²) >= 11 is 0. The Morgan fingerprint density at radius 1 is 1.61 bits per heavy atom. The largest absolute Gasteiger partial charge is 0.463 e. The Labute approximate surface area is 129 Å². The quantitative estimate of drug-likeness (QED) is 0.730. The maximum atomic E-state index is 14.2. The molecular formula is C13H17F2N3O5. The van der Waals surface area contributed by atoms with E-state index in [1.807, 2.05) is 0 Å². The van der Waals surface area contributed by atoms with Gasteiger partial charge in [0, 0.05) is 0 Å². The highest BCUT2D eigenvalue weighted by molar-refractivity contribution is 5.71. The first-order valence-electron chi connectivity index (χ1n) is 6.90. The van der Waals surface area contributed by atoms with Crippen molar-refractivity contribution >= 4 is 11.8 Å². The van der Waals surface area contributed by atoms with Crippen LogP contribution in [0.15, 0.2) is 11.0 Å². The van der Waals surface area contributed by atoms with Gasteiger partial charge in [-0.2, -0.15) is 4.98 Å². The van der Waals surface area contributed by atoms with Crippen LogP contribution in [0, 0.1) is 11.7 Å². The molecule has 23 heavy (non-hydrogen) atoms. The third-order valence-electron chi connectivity index (χ3n) is 3.36. The number of carbonyl (C=O) groups excluding carboxylic acids is 1. The number of aromatic nitrogens is 2. The summed E-state index contributed by atoms with van der Waals surface area (Å²) in [5.74, 6) is -2.59. The molecule has 4 atom stereocenters. The second kappa shape index (κ2) is 6.59. The molecule has 0 aromatic carbocycles. The molecule has 10 heteroatoms. The molecule has 0 radical (unpaired) electrons. The smallest absolute Gasteiger partial charge is 0.351 e. The molecule has 3 N–H and O–H groups in total. The molecule has 8 nitrogen and oxygen atoms in total. The number of nitrogen functional groups attached to an aromatic ring is 1. The van der Waals surface area contributed by atoms with Gasteiger partial charge >= 0.3 is 11.7 Å². The molecule has 0 unspecified atom stereocenters. The standard InChI is InChI=1S/C13H17F2N3O5/c1-5(2)12(20)22-4-7-9(19)8(15)11(23-7)18-3-6(14)10(16)17-13(18)21/h3,5,7-9,11,19H,4H2,1-2H3,(H2,16,17,21)/t7-,8+,9-,11-/m1/s1. The van der Waals surface area contributed by atoms with Crippen molar-refractivity contribution in [3.63, 3.8) is 0 Å². The molecule has 1 saturated heterocycles. The number of aliphatic hydroxyl groups is 1. The Kier molecular flexibility index (Phi) is 4.95. The molecule has 0 saturated carbocycles. The number of nitrogens with zero attached hydrogens (tertiary/aromatic N) is 2. The van der Waals surface area contributed by atoms with Crippen molar-refractivity contribution in [1.82, 2.24) is 9.55 Å². The molecule has 1 aliphatic rings. The van der Waals surface area contributed by atoms with E-state index in [2.05, 4.69) is 4.98 Å². The topological polar surface area (TPSA) is 117 Å². The number of carbonyl (C=O) groups is 1. The van der Waals surface area contributed by atoms with E-state index in [0.29, 0.717) is 10.8 Å². The van der Waals surface area contributed by atoms with Gasteiger partial charge in [0.15, 0.2) is 24.0 Å². The zero-order valence-corrected chi connectivity index (χ0v) is 12.5. The van der Waals surface area contributed by atoms with Gasteiger partial charge in [-0.15, -0.1) is 0 Å². The highest BCUT2D eigenvalue weighted by Gasteiger charge is 2.46. The van der Waals surface area contributed by atoms with Crippen molar-refractivity contribution in [2.24, 2.45) is 5.92 Å². The first-order chi connectivity index (χ1) is 10.7. The van der Waals surface area contributed by atoms with Gasteiger partial charge in [-0.25, -0.2) is 13.6 Å². The maximum Gasteiger partial charge on any atom is 0.351 e. The number of aliphatic hydroxyl groups excluding tert-OH is 1. The van der Waals surface area contributed by atoms with Crippen LogP contribution >= 0.6 is 0 Å². The third-order valence-corrected chi connectivity index (χ3v) is 3.36. The average molecular weight is 333 g/mol. The molecule has 2 heterocycles. The summed E-state index contributed by atoms with van der Waals surface area (Å²) in [6, 6.07) is 0. The lowest BCUT2D eigenvalue weighted by Crippen LogP contribution is -2.34. The lowest BCUT2D eigenvalue weighted by molar-refractivity contribution is -0.153. The van der Waals surface area contributed by atoms with Gasteiger partial charge in [0.2, 0.25) is 0 Å². The predicted molar refractivity (Wildman–Crippen MR) is 73.5 cm³/mol. The summed E-state index contributed by atoms with van der Waals surface area (Å²) in [5.41, 5.74) is 4.12. The number of anilines is 1. The fourth-order valence-corrected chi connectivity index (χ4v) is 2.04. The van der Waals surface area contributed by atoms with E-state index in [4.69, 9.17) is 15.2 Å². The second-order valence-electron chi connectivity index (χ2n) is 5.45. The van der Waals surface area contributed by atoms with Crippen molar-refractivity contribution in [3.05, 3.63) is 22.5 Å². The maximum absolute atomic E-state index is 14.2. The van der Waals surface area contributed by atoms with Crippen molar-refractivity contribution in [2.75, 3.05) is 12.3 Å².